The summed E-state index contributed by atoms with van der Waals surface area (Å²) in [6, 6.07) is 13.8. The fourth-order valence-electron chi connectivity index (χ4n) is 2.50. The van der Waals surface area contributed by atoms with Gasteiger partial charge in [-0.15, -0.1) is 0 Å². The van der Waals surface area contributed by atoms with E-state index in [-0.39, 0.29) is 16.4 Å². The number of carbonyl (C=O) groups is 2. The van der Waals surface area contributed by atoms with Gasteiger partial charge in [-0.3, -0.25) is 4.79 Å². The van der Waals surface area contributed by atoms with Crippen molar-refractivity contribution in [2.24, 2.45) is 0 Å². The second-order valence-electron chi connectivity index (χ2n) is 6.06. The molecular weight excluding hydrogens is 408 g/mol. The standard InChI is InChI=1S/C20H18N4O5S/c1-29-20(26)19-16(13-24(23-19)12-10-15-7-3-2-4-8-15)22-17(25)14-30(27,28)18-9-5-6-11-21-18/h2-13H,14H2,1H3,(H,22,25). The number of rotatable bonds is 7. The van der Waals surface area contributed by atoms with Crippen LogP contribution in [0.4, 0.5) is 5.69 Å². The fraction of sp³-hybridized carbons (Fsp3) is 0.100. The molecule has 3 aromatic rings. The van der Waals surface area contributed by atoms with Crippen molar-refractivity contribution in [3.8, 4) is 0 Å². The molecule has 0 bridgehead atoms. The number of nitrogens with one attached hydrogen (secondary N) is 1. The highest BCUT2D eigenvalue weighted by Crippen LogP contribution is 2.17. The number of ether oxygens (including phenoxy) is 1. The molecule has 0 saturated carbocycles. The number of aromatic nitrogens is 3. The first-order chi connectivity index (χ1) is 14.4. The van der Waals surface area contributed by atoms with E-state index in [4.69, 9.17) is 0 Å². The van der Waals surface area contributed by atoms with Crippen molar-refractivity contribution in [3.63, 3.8) is 0 Å². The lowest BCUT2D eigenvalue weighted by atomic mass is 10.2. The van der Waals surface area contributed by atoms with Crippen molar-refractivity contribution < 1.29 is 22.7 Å². The van der Waals surface area contributed by atoms with Crippen LogP contribution in [0.5, 0.6) is 0 Å². The number of esters is 1. The van der Waals surface area contributed by atoms with Crippen LogP contribution in [0.3, 0.4) is 0 Å². The zero-order chi connectivity index (χ0) is 21.6. The summed E-state index contributed by atoms with van der Waals surface area (Å²) < 4.78 is 30.7. The summed E-state index contributed by atoms with van der Waals surface area (Å²) in [5.74, 6) is -2.45. The summed E-state index contributed by atoms with van der Waals surface area (Å²) in [6.07, 6.45) is 6.05. The molecule has 0 aliphatic heterocycles. The van der Waals surface area contributed by atoms with E-state index < -0.39 is 27.5 Å². The van der Waals surface area contributed by atoms with E-state index in [2.05, 4.69) is 20.1 Å². The molecule has 0 fully saturated rings. The number of methoxy groups -OCH3 is 1. The number of anilines is 1. The zero-order valence-corrected chi connectivity index (χ0v) is 16.7. The highest BCUT2D eigenvalue weighted by atomic mass is 32.2. The molecule has 0 unspecified atom stereocenters. The van der Waals surface area contributed by atoms with E-state index in [1.54, 1.807) is 18.3 Å². The summed E-state index contributed by atoms with van der Waals surface area (Å²) in [7, 11) is -2.76. The molecule has 0 spiro atoms. The molecule has 2 aromatic heterocycles. The Bertz CT molecular complexity index is 1170. The van der Waals surface area contributed by atoms with Crippen molar-refractivity contribution in [1.82, 2.24) is 14.8 Å². The van der Waals surface area contributed by atoms with Gasteiger partial charge in [-0.25, -0.2) is 22.9 Å². The Morgan fingerprint density at radius 3 is 2.53 bits per heavy atom. The van der Waals surface area contributed by atoms with Crippen LogP contribution in [0.25, 0.3) is 12.3 Å². The van der Waals surface area contributed by atoms with Crippen LogP contribution in [0.2, 0.25) is 0 Å². The highest BCUT2D eigenvalue weighted by Gasteiger charge is 2.24. The lowest BCUT2D eigenvalue weighted by Crippen LogP contribution is -2.24. The number of sulfone groups is 1. The van der Waals surface area contributed by atoms with Gasteiger partial charge < -0.3 is 10.1 Å². The molecule has 0 aliphatic carbocycles. The number of amides is 1. The summed E-state index contributed by atoms with van der Waals surface area (Å²) in [6.45, 7) is 0. The maximum Gasteiger partial charge on any atom is 0.360 e. The van der Waals surface area contributed by atoms with Crippen LogP contribution in [0.1, 0.15) is 16.1 Å². The average molecular weight is 426 g/mol. The molecular formula is C20H18N4O5S. The number of nitrogens with zero attached hydrogens (tertiary/aromatic N) is 3. The lowest BCUT2D eigenvalue weighted by Gasteiger charge is -2.05. The molecule has 1 amide bonds. The third-order valence-corrected chi connectivity index (χ3v) is 5.40. The molecule has 0 atom stereocenters. The number of pyridine rings is 1. The van der Waals surface area contributed by atoms with Gasteiger partial charge >= 0.3 is 5.97 Å². The van der Waals surface area contributed by atoms with Crippen LogP contribution >= 0.6 is 0 Å². The molecule has 0 radical (unpaired) electrons. The summed E-state index contributed by atoms with van der Waals surface area (Å²) in [5.41, 5.74) is 0.777. The molecule has 0 saturated heterocycles. The SMILES string of the molecule is COC(=O)c1nn(C=Cc2ccccc2)cc1NC(=O)CS(=O)(=O)c1ccccn1. The van der Waals surface area contributed by atoms with E-state index in [9.17, 15) is 18.0 Å². The van der Waals surface area contributed by atoms with E-state index in [1.807, 2.05) is 30.3 Å². The highest BCUT2D eigenvalue weighted by molar-refractivity contribution is 7.92. The molecule has 9 nitrogen and oxygen atoms in total. The van der Waals surface area contributed by atoms with Crippen molar-refractivity contribution in [2.45, 2.75) is 5.03 Å². The predicted octanol–water partition coefficient (Wildman–Crippen LogP) is 2.10. The fourth-order valence-corrected chi connectivity index (χ4v) is 3.57. The first kappa shape index (κ1) is 20.9. The van der Waals surface area contributed by atoms with E-state index in [1.165, 1.54) is 36.3 Å². The third kappa shape index (κ3) is 5.17. The quantitative estimate of drug-likeness (QED) is 0.575. The molecule has 1 N–H and O–H groups in total. The van der Waals surface area contributed by atoms with Gasteiger partial charge in [-0.05, 0) is 23.8 Å². The minimum atomic E-state index is -3.94. The van der Waals surface area contributed by atoms with Crippen molar-refractivity contribution in [3.05, 3.63) is 72.2 Å². The van der Waals surface area contributed by atoms with Crippen LogP contribution in [0, 0.1) is 0 Å². The van der Waals surface area contributed by atoms with Gasteiger partial charge in [-0.2, -0.15) is 5.10 Å². The molecule has 10 heteroatoms. The lowest BCUT2D eigenvalue weighted by molar-refractivity contribution is -0.113. The average Bonchev–Trinajstić information content (AvgIpc) is 3.15. The monoisotopic (exact) mass is 426 g/mol. The van der Waals surface area contributed by atoms with Gasteiger partial charge in [0.1, 0.15) is 5.75 Å². The Balaban J connectivity index is 1.80. The Labute approximate surface area is 172 Å². The summed E-state index contributed by atoms with van der Waals surface area (Å²) in [4.78, 5) is 28.1. The van der Waals surface area contributed by atoms with Gasteiger partial charge in [0.15, 0.2) is 10.7 Å². The minimum Gasteiger partial charge on any atom is -0.464 e. The number of benzene rings is 1. The smallest absolute Gasteiger partial charge is 0.360 e. The molecule has 0 aliphatic rings. The predicted molar refractivity (Wildman–Crippen MR) is 110 cm³/mol. The minimum absolute atomic E-state index is 0.0285. The topological polar surface area (TPSA) is 120 Å². The van der Waals surface area contributed by atoms with E-state index in [0.29, 0.717) is 0 Å². The summed E-state index contributed by atoms with van der Waals surface area (Å²) >= 11 is 0. The van der Waals surface area contributed by atoms with Crippen molar-refractivity contribution >= 4 is 39.7 Å². The van der Waals surface area contributed by atoms with Gasteiger partial charge in [-0.1, -0.05) is 36.4 Å². The number of carbonyl (C=O) groups excluding carboxylic acids is 2. The normalized spacial score (nSPS) is 11.4. The maximum atomic E-state index is 12.3. The molecule has 30 heavy (non-hydrogen) atoms. The maximum absolute atomic E-state index is 12.3. The second kappa shape index (κ2) is 9.14. The van der Waals surface area contributed by atoms with Crippen molar-refractivity contribution in [2.75, 3.05) is 18.2 Å². The van der Waals surface area contributed by atoms with Crippen LogP contribution in [-0.4, -0.2) is 47.9 Å². The van der Waals surface area contributed by atoms with Gasteiger partial charge in [0.05, 0.1) is 19.0 Å². The Morgan fingerprint density at radius 2 is 1.87 bits per heavy atom. The largest absolute Gasteiger partial charge is 0.464 e. The molecule has 3 rings (SSSR count). The molecule has 1 aromatic carbocycles. The van der Waals surface area contributed by atoms with Crippen LogP contribution in [0.15, 0.2) is 66.0 Å². The van der Waals surface area contributed by atoms with Gasteiger partial charge in [0.2, 0.25) is 15.7 Å². The first-order valence-corrected chi connectivity index (χ1v) is 10.4. The number of hydrogen-bond acceptors (Lipinski definition) is 7. The number of hydrogen-bond donors (Lipinski definition) is 1. The molecule has 154 valence electrons. The third-order valence-electron chi connectivity index (χ3n) is 3.88. The molecule has 2 heterocycles. The Hall–Kier alpha value is -3.79. The second-order valence-corrected chi connectivity index (χ2v) is 8.00. The van der Waals surface area contributed by atoms with Gasteiger partial charge in [0.25, 0.3) is 0 Å². The van der Waals surface area contributed by atoms with E-state index in [0.717, 1.165) is 5.56 Å². The zero-order valence-electron chi connectivity index (χ0n) is 15.9. The van der Waals surface area contributed by atoms with Crippen molar-refractivity contribution in [1.29, 1.82) is 0 Å². The van der Waals surface area contributed by atoms with E-state index >= 15 is 0 Å². The van der Waals surface area contributed by atoms with Gasteiger partial charge in [0, 0.05) is 12.4 Å². The summed E-state index contributed by atoms with van der Waals surface area (Å²) in [5, 5.41) is 6.28. The van der Waals surface area contributed by atoms with Crippen LogP contribution in [-0.2, 0) is 19.4 Å². The Kier molecular flexibility index (Phi) is 6.38. The Morgan fingerprint density at radius 1 is 1.13 bits per heavy atom. The van der Waals surface area contributed by atoms with Crippen LogP contribution < -0.4 is 5.32 Å². The first-order valence-electron chi connectivity index (χ1n) is 8.73.